The molecule has 0 spiro atoms. The molecule has 96 valence electrons. The van der Waals surface area contributed by atoms with Crippen molar-refractivity contribution in [3.05, 3.63) is 35.7 Å². The van der Waals surface area contributed by atoms with Crippen molar-refractivity contribution in [2.45, 2.75) is 26.5 Å². The molecule has 0 aliphatic rings. The van der Waals surface area contributed by atoms with Crippen LogP contribution >= 0.6 is 0 Å². The van der Waals surface area contributed by atoms with Crippen LogP contribution < -0.4 is 0 Å². The van der Waals surface area contributed by atoms with Gasteiger partial charge in [-0.15, -0.1) is 10.2 Å². The van der Waals surface area contributed by atoms with E-state index in [0.717, 1.165) is 12.1 Å². The van der Waals surface area contributed by atoms with Crippen LogP contribution in [-0.2, 0) is 6.61 Å². The lowest BCUT2D eigenvalue weighted by molar-refractivity contribution is 0.262. The fourth-order valence-corrected chi connectivity index (χ4v) is 1.86. The number of hydrogen-bond acceptors (Lipinski definition) is 3. The van der Waals surface area contributed by atoms with E-state index in [4.69, 9.17) is 5.11 Å². The van der Waals surface area contributed by atoms with Crippen LogP contribution in [0.2, 0.25) is 0 Å². The minimum Gasteiger partial charge on any atom is -0.388 e. The first-order valence-corrected chi connectivity index (χ1v) is 5.55. The molecule has 1 N–H and O–H groups in total. The fourth-order valence-electron chi connectivity index (χ4n) is 1.86. The van der Waals surface area contributed by atoms with Gasteiger partial charge in [0.15, 0.2) is 11.6 Å². The van der Waals surface area contributed by atoms with Gasteiger partial charge in [-0.25, -0.2) is 8.78 Å². The van der Waals surface area contributed by atoms with Gasteiger partial charge in [-0.3, -0.25) is 0 Å². The summed E-state index contributed by atoms with van der Waals surface area (Å²) in [5, 5.41) is 16.7. The lowest BCUT2D eigenvalue weighted by Crippen LogP contribution is -2.09. The standard InChI is InChI=1S/C12H13F2N3O/c1-7(2)17-10(6-18)15-16-12(17)11-8(13)4-3-5-9(11)14/h3-5,7,18H,6H2,1-2H3. The quantitative estimate of drug-likeness (QED) is 0.913. The summed E-state index contributed by atoms with van der Waals surface area (Å²) >= 11 is 0. The number of benzene rings is 1. The van der Waals surface area contributed by atoms with Crippen LogP contribution in [0, 0.1) is 11.6 Å². The maximum absolute atomic E-state index is 13.7. The zero-order chi connectivity index (χ0) is 13.3. The number of aromatic nitrogens is 3. The molecule has 1 heterocycles. The van der Waals surface area contributed by atoms with Gasteiger partial charge in [0.05, 0.1) is 5.56 Å². The van der Waals surface area contributed by atoms with Crippen LogP contribution in [0.4, 0.5) is 8.78 Å². The fraction of sp³-hybridized carbons (Fsp3) is 0.333. The molecule has 0 fully saturated rings. The molecule has 0 saturated heterocycles. The largest absolute Gasteiger partial charge is 0.388 e. The monoisotopic (exact) mass is 253 g/mol. The zero-order valence-electron chi connectivity index (χ0n) is 10.1. The highest BCUT2D eigenvalue weighted by Gasteiger charge is 2.21. The number of nitrogens with zero attached hydrogens (tertiary/aromatic N) is 3. The third-order valence-electron chi connectivity index (χ3n) is 2.61. The van der Waals surface area contributed by atoms with Gasteiger partial charge >= 0.3 is 0 Å². The predicted molar refractivity (Wildman–Crippen MR) is 61.7 cm³/mol. The zero-order valence-corrected chi connectivity index (χ0v) is 10.1. The van der Waals surface area contributed by atoms with Gasteiger partial charge in [-0.1, -0.05) is 6.07 Å². The number of halogens is 2. The van der Waals surface area contributed by atoms with E-state index in [1.165, 1.54) is 10.6 Å². The summed E-state index contributed by atoms with van der Waals surface area (Å²) in [6, 6.07) is 3.50. The third-order valence-corrected chi connectivity index (χ3v) is 2.61. The molecule has 0 aliphatic carbocycles. The predicted octanol–water partition coefficient (Wildman–Crippen LogP) is 2.30. The molecule has 0 radical (unpaired) electrons. The van der Waals surface area contributed by atoms with Crippen molar-refractivity contribution in [3.8, 4) is 11.4 Å². The van der Waals surface area contributed by atoms with E-state index < -0.39 is 11.6 Å². The Labute approximate surface area is 103 Å². The first-order chi connectivity index (χ1) is 8.56. The molecule has 6 heteroatoms. The summed E-state index contributed by atoms with van der Waals surface area (Å²) in [5.41, 5.74) is -0.224. The van der Waals surface area contributed by atoms with E-state index in [9.17, 15) is 8.78 Å². The van der Waals surface area contributed by atoms with E-state index in [1.807, 2.05) is 13.8 Å². The second kappa shape index (κ2) is 4.81. The summed E-state index contributed by atoms with van der Waals surface area (Å²) in [5.74, 6) is -1.03. The third kappa shape index (κ3) is 1.99. The van der Waals surface area contributed by atoms with E-state index in [-0.39, 0.29) is 29.9 Å². The first kappa shape index (κ1) is 12.6. The van der Waals surface area contributed by atoms with Crippen LogP contribution in [0.3, 0.4) is 0 Å². The van der Waals surface area contributed by atoms with E-state index in [0.29, 0.717) is 0 Å². The summed E-state index contributed by atoms with van der Waals surface area (Å²) in [6.07, 6.45) is 0. The van der Waals surface area contributed by atoms with Crippen LogP contribution in [0.5, 0.6) is 0 Å². The van der Waals surface area contributed by atoms with Crippen molar-refractivity contribution in [1.29, 1.82) is 0 Å². The van der Waals surface area contributed by atoms with Crippen molar-refractivity contribution < 1.29 is 13.9 Å². The molecule has 4 nitrogen and oxygen atoms in total. The number of hydrogen-bond donors (Lipinski definition) is 1. The van der Waals surface area contributed by atoms with Crippen molar-refractivity contribution in [2.24, 2.45) is 0 Å². The highest BCUT2D eigenvalue weighted by atomic mass is 19.1. The van der Waals surface area contributed by atoms with E-state index in [2.05, 4.69) is 10.2 Å². The molecule has 0 atom stereocenters. The smallest absolute Gasteiger partial charge is 0.170 e. The van der Waals surface area contributed by atoms with Gasteiger partial charge in [-0.2, -0.15) is 0 Å². The van der Waals surface area contributed by atoms with Gasteiger partial charge in [0.2, 0.25) is 0 Å². The lowest BCUT2D eigenvalue weighted by Gasteiger charge is -2.13. The molecule has 2 rings (SSSR count). The van der Waals surface area contributed by atoms with Gasteiger partial charge in [0, 0.05) is 6.04 Å². The molecular weight excluding hydrogens is 240 g/mol. The Morgan fingerprint density at radius 3 is 2.33 bits per heavy atom. The molecule has 18 heavy (non-hydrogen) atoms. The minimum absolute atomic E-state index is 0.0876. The maximum Gasteiger partial charge on any atom is 0.170 e. The Bertz CT molecular complexity index is 546. The lowest BCUT2D eigenvalue weighted by atomic mass is 10.1. The number of aliphatic hydroxyl groups is 1. The number of aliphatic hydroxyl groups excluding tert-OH is 1. The molecule has 0 saturated carbocycles. The summed E-state index contributed by atoms with van der Waals surface area (Å²) < 4.78 is 28.9. The first-order valence-electron chi connectivity index (χ1n) is 5.55. The van der Waals surface area contributed by atoms with Crippen molar-refractivity contribution in [2.75, 3.05) is 0 Å². The Balaban J connectivity index is 2.68. The Hall–Kier alpha value is -1.82. The van der Waals surface area contributed by atoms with E-state index >= 15 is 0 Å². The molecule has 1 aromatic heterocycles. The molecule has 0 aliphatic heterocycles. The Morgan fingerprint density at radius 1 is 1.22 bits per heavy atom. The highest BCUT2D eigenvalue weighted by Crippen LogP contribution is 2.27. The van der Waals surface area contributed by atoms with E-state index in [1.54, 1.807) is 0 Å². The van der Waals surface area contributed by atoms with Crippen molar-refractivity contribution in [1.82, 2.24) is 14.8 Å². The second-order valence-corrected chi connectivity index (χ2v) is 4.16. The maximum atomic E-state index is 13.7. The average Bonchev–Trinajstić information content (AvgIpc) is 2.72. The summed E-state index contributed by atoms with van der Waals surface area (Å²) in [7, 11) is 0. The van der Waals surface area contributed by atoms with Crippen LogP contribution in [0.1, 0.15) is 25.7 Å². The molecule has 0 amide bonds. The SMILES string of the molecule is CC(C)n1c(CO)nnc1-c1c(F)cccc1F. The summed E-state index contributed by atoms with van der Waals surface area (Å²) in [4.78, 5) is 0. The van der Waals surface area contributed by atoms with Crippen molar-refractivity contribution in [3.63, 3.8) is 0 Å². The molecule has 1 aromatic carbocycles. The Kier molecular flexibility index (Phi) is 3.38. The molecule has 0 bridgehead atoms. The van der Waals surface area contributed by atoms with Crippen LogP contribution in [0.15, 0.2) is 18.2 Å². The molecule has 2 aromatic rings. The normalized spacial score (nSPS) is 11.2. The average molecular weight is 253 g/mol. The van der Waals surface area contributed by atoms with Gasteiger partial charge in [0.25, 0.3) is 0 Å². The van der Waals surface area contributed by atoms with Gasteiger partial charge in [0.1, 0.15) is 18.2 Å². The minimum atomic E-state index is -0.700. The van der Waals surface area contributed by atoms with Crippen LogP contribution in [-0.4, -0.2) is 19.9 Å². The van der Waals surface area contributed by atoms with Crippen molar-refractivity contribution >= 4 is 0 Å². The second-order valence-electron chi connectivity index (χ2n) is 4.16. The van der Waals surface area contributed by atoms with Gasteiger partial charge < -0.3 is 9.67 Å². The van der Waals surface area contributed by atoms with Crippen LogP contribution in [0.25, 0.3) is 11.4 Å². The number of rotatable bonds is 3. The molecule has 0 unspecified atom stereocenters. The highest BCUT2D eigenvalue weighted by molar-refractivity contribution is 5.57. The molecular formula is C12H13F2N3O. The topological polar surface area (TPSA) is 50.9 Å². The Morgan fingerprint density at radius 2 is 1.83 bits per heavy atom. The van der Waals surface area contributed by atoms with Gasteiger partial charge in [-0.05, 0) is 26.0 Å². The summed E-state index contributed by atoms with van der Waals surface area (Å²) in [6.45, 7) is 3.32.